The van der Waals surface area contributed by atoms with Crippen molar-refractivity contribution >= 4 is 17.2 Å². The maximum Gasteiger partial charge on any atom is 0.149 e. The minimum atomic E-state index is -0.669. The topological polar surface area (TPSA) is 51.6 Å². The Morgan fingerprint density at radius 3 is 1.55 bits per heavy atom. The lowest BCUT2D eigenvalue weighted by atomic mass is 9.82. The SMILES string of the molecule is CC(C)(C)C1=CC(CP(C(C)(C)C)C(C)(C)C)=C(C(P)(c2ncccn2)c2ncccn2)C1. The molecule has 0 radical (unpaired) electrons. The van der Waals surface area contributed by atoms with E-state index in [0.717, 1.165) is 24.2 Å². The van der Waals surface area contributed by atoms with Gasteiger partial charge in [0.1, 0.15) is 16.8 Å². The highest BCUT2D eigenvalue weighted by atomic mass is 31.1. The van der Waals surface area contributed by atoms with E-state index in [4.69, 9.17) is 19.9 Å². The van der Waals surface area contributed by atoms with Crippen molar-refractivity contribution in [3.05, 3.63) is 71.4 Å². The van der Waals surface area contributed by atoms with E-state index < -0.39 is 5.16 Å². The molecule has 0 aromatic carbocycles. The average Bonchev–Trinajstić information content (AvgIpc) is 3.16. The van der Waals surface area contributed by atoms with E-state index in [1.54, 1.807) is 0 Å². The van der Waals surface area contributed by atoms with Crippen LogP contribution in [0.15, 0.2) is 59.7 Å². The Bertz CT molecular complexity index is 970. The third kappa shape index (κ3) is 5.60. The van der Waals surface area contributed by atoms with Crippen molar-refractivity contribution in [3.8, 4) is 0 Å². The number of hydrogen-bond acceptors (Lipinski definition) is 4. The van der Waals surface area contributed by atoms with Crippen LogP contribution in [0.25, 0.3) is 0 Å². The number of allylic oxidation sites excluding steroid dienone is 4. The molecule has 6 heteroatoms. The van der Waals surface area contributed by atoms with Crippen LogP contribution in [0.2, 0.25) is 0 Å². The third-order valence-corrected chi connectivity index (χ3v) is 11.1. The van der Waals surface area contributed by atoms with Gasteiger partial charge in [-0.25, -0.2) is 19.9 Å². The summed E-state index contributed by atoms with van der Waals surface area (Å²) in [6.07, 6.45) is 11.7. The summed E-state index contributed by atoms with van der Waals surface area (Å²) in [6.45, 7) is 21.3. The monoisotopic (exact) mass is 482 g/mol. The van der Waals surface area contributed by atoms with Crippen LogP contribution in [0.5, 0.6) is 0 Å². The molecule has 0 fully saturated rings. The molecule has 178 valence electrons. The highest BCUT2D eigenvalue weighted by Gasteiger charge is 2.45. The first-order valence-corrected chi connectivity index (χ1v) is 13.8. The Balaban J connectivity index is 2.25. The van der Waals surface area contributed by atoms with Crippen LogP contribution >= 0.6 is 17.2 Å². The maximum atomic E-state index is 4.71. The molecule has 3 rings (SSSR count). The van der Waals surface area contributed by atoms with Crippen LogP contribution in [0, 0.1) is 5.41 Å². The zero-order valence-corrected chi connectivity index (χ0v) is 23.8. The van der Waals surface area contributed by atoms with Gasteiger partial charge >= 0.3 is 0 Å². The van der Waals surface area contributed by atoms with Gasteiger partial charge < -0.3 is 0 Å². The van der Waals surface area contributed by atoms with Gasteiger partial charge in [0.2, 0.25) is 0 Å². The van der Waals surface area contributed by atoms with Gasteiger partial charge in [-0.05, 0) is 51.6 Å². The van der Waals surface area contributed by atoms with Gasteiger partial charge in [0.05, 0.1) is 0 Å². The molecule has 1 aliphatic rings. The highest BCUT2D eigenvalue weighted by molar-refractivity contribution is 7.61. The lowest BCUT2D eigenvalue weighted by molar-refractivity contribution is 0.490. The van der Waals surface area contributed by atoms with Crippen LogP contribution in [-0.4, -0.2) is 36.4 Å². The number of hydrogen-bond donors (Lipinski definition) is 0. The van der Waals surface area contributed by atoms with Crippen molar-refractivity contribution in [2.24, 2.45) is 5.41 Å². The van der Waals surface area contributed by atoms with E-state index in [1.165, 1.54) is 16.7 Å². The van der Waals surface area contributed by atoms with Crippen molar-refractivity contribution in [3.63, 3.8) is 0 Å². The van der Waals surface area contributed by atoms with Crippen molar-refractivity contribution in [1.29, 1.82) is 0 Å². The first kappa shape index (κ1) is 26.1. The molecule has 0 bridgehead atoms. The van der Waals surface area contributed by atoms with Crippen LogP contribution < -0.4 is 0 Å². The molecule has 0 spiro atoms. The fourth-order valence-electron chi connectivity index (χ4n) is 4.69. The highest BCUT2D eigenvalue weighted by Crippen LogP contribution is 2.62. The van der Waals surface area contributed by atoms with Gasteiger partial charge in [-0.2, -0.15) is 0 Å². The van der Waals surface area contributed by atoms with E-state index in [2.05, 4.69) is 77.6 Å². The number of rotatable bonds is 5. The Hall–Kier alpha value is -1.50. The first-order chi connectivity index (χ1) is 15.1. The fourth-order valence-corrected chi connectivity index (χ4v) is 8.86. The maximum absolute atomic E-state index is 4.71. The molecule has 4 nitrogen and oxygen atoms in total. The van der Waals surface area contributed by atoms with Crippen molar-refractivity contribution < 1.29 is 0 Å². The van der Waals surface area contributed by atoms with E-state index in [9.17, 15) is 0 Å². The lowest BCUT2D eigenvalue weighted by Crippen LogP contribution is -2.30. The molecule has 2 aromatic rings. The second-order valence-electron chi connectivity index (χ2n) is 12.0. The van der Waals surface area contributed by atoms with Gasteiger partial charge in [-0.15, -0.1) is 9.24 Å². The summed E-state index contributed by atoms with van der Waals surface area (Å²) in [5, 5.41) is -0.196. The smallest absolute Gasteiger partial charge is 0.149 e. The minimum absolute atomic E-state index is 0.0832. The molecule has 1 atom stereocenters. The molecule has 33 heavy (non-hydrogen) atoms. The first-order valence-electron chi connectivity index (χ1n) is 11.7. The van der Waals surface area contributed by atoms with Crippen LogP contribution in [0.3, 0.4) is 0 Å². The zero-order valence-electron chi connectivity index (χ0n) is 21.8. The Morgan fingerprint density at radius 2 is 1.18 bits per heavy atom. The van der Waals surface area contributed by atoms with Crippen molar-refractivity contribution in [2.45, 2.75) is 84.2 Å². The van der Waals surface area contributed by atoms with E-state index in [-0.39, 0.29) is 23.6 Å². The number of nitrogens with zero attached hydrogens (tertiary/aromatic N) is 4. The molecular weight excluding hydrogens is 442 g/mol. The molecule has 0 saturated carbocycles. The second kappa shape index (κ2) is 9.27. The summed E-state index contributed by atoms with van der Waals surface area (Å²) in [6, 6.07) is 3.73. The van der Waals surface area contributed by atoms with E-state index in [0.29, 0.717) is 0 Å². The summed E-state index contributed by atoms with van der Waals surface area (Å²) < 4.78 is 0. The molecule has 0 saturated heterocycles. The summed E-state index contributed by atoms with van der Waals surface area (Å²) in [4.78, 5) is 18.8. The van der Waals surface area contributed by atoms with Gasteiger partial charge in [0.25, 0.3) is 0 Å². The summed E-state index contributed by atoms with van der Waals surface area (Å²) in [5.74, 6) is 1.46. The predicted octanol–water partition coefficient (Wildman–Crippen LogP) is 7.14. The molecule has 2 heterocycles. The molecule has 0 amide bonds. The van der Waals surface area contributed by atoms with Crippen molar-refractivity contribution in [1.82, 2.24) is 19.9 Å². The molecule has 0 N–H and O–H groups in total. The largest absolute Gasteiger partial charge is 0.240 e. The quantitative estimate of drug-likeness (QED) is 0.425. The lowest BCUT2D eigenvalue weighted by Gasteiger charge is -2.42. The molecule has 1 aliphatic carbocycles. The third-order valence-electron chi connectivity index (χ3n) is 6.33. The second-order valence-corrected chi connectivity index (χ2v) is 16.7. The van der Waals surface area contributed by atoms with Crippen LogP contribution in [0.4, 0.5) is 0 Å². The molecule has 2 aromatic heterocycles. The van der Waals surface area contributed by atoms with Gasteiger partial charge in [0.15, 0.2) is 0 Å². The van der Waals surface area contributed by atoms with Gasteiger partial charge in [0, 0.05) is 24.8 Å². The average molecular weight is 483 g/mol. The summed E-state index contributed by atoms with van der Waals surface area (Å²) >= 11 is 0. The predicted molar refractivity (Wildman–Crippen MR) is 145 cm³/mol. The number of aromatic nitrogens is 4. The standard InChI is InChI=1S/C27H40N4P2/c1-24(2,3)20-16-19(18-33(25(4,5)6)26(7,8)9)21(17-20)27(32,22-28-12-10-13-29-22)23-30-14-11-15-31-23/h10-16H,17-18,32H2,1-9H3. The Morgan fingerprint density at radius 1 is 0.758 bits per heavy atom. The van der Waals surface area contributed by atoms with E-state index >= 15 is 0 Å². The molecule has 0 aliphatic heterocycles. The zero-order chi connectivity index (χ0) is 24.7. The van der Waals surface area contributed by atoms with Gasteiger partial charge in [-0.3, -0.25) is 0 Å². The summed E-state index contributed by atoms with van der Waals surface area (Å²) in [5.41, 5.74) is 4.26. The minimum Gasteiger partial charge on any atom is -0.240 e. The summed E-state index contributed by atoms with van der Waals surface area (Å²) in [7, 11) is 2.75. The van der Waals surface area contributed by atoms with E-state index in [1.807, 2.05) is 36.9 Å². The molecule has 1 unspecified atom stereocenters. The van der Waals surface area contributed by atoms with Crippen molar-refractivity contribution in [2.75, 3.05) is 6.16 Å². The van der Waals surface area contributed by atoms with Crippen LogP contribution in [-0.2, 0) is 5.16 Å². The normalized spacial score (nSPS) is 15.9. The van der Waals surface area contributed by atoms with Crippen LogP contribution in [0.1, 0.15) is 80.4 Å². The fraction of sp³-hybridized carbons (Fsp3) is 0.556. The molecular formula is C27H40N4P2. The van der Waals surface area contributed by atoms with Gasteiger partial charge in [-0.1, -0.05) is 81.9 Å². The Kier molecular flexibility index (Phi) is 7.34. The Labute approximate surface area is 204 Å².